The van der Waals surface area contributed by atoms with Crippen LogP contribution in [0.3, 0.4) is 0 Å². The van der Waals surface area contributed by atoms with Gasteiger partial charge in [-0.15, -0.1) is 23.2 Å². The molecular weight excluding hydrogens is 171 g/mol. The minimum Gasteiger partial charge on any atom is -0.127 e. The number of hydrogen-bond donors (Lipinski definition) is 0. The third-order valence-electron chi connectivity index (χ3n) is 0.974. The van der Waals surface area contributed by atoms with Gasteiger partial charge in [-0.2, -0.15) is 0 Å². The third kappa shape index (κ3) is 8.80. The number of hydrogen-bond acceptors (Lipinski definition) is 0. The maximum Gasteiger partial charge on any atom is 0.0378 e. The van der Waals surface area contributed by atoms with E-state index >= 15 is 0 Å². The van der Waals surface area contributed by atoms with Crippen LogP contribution in [0.1, 0.15) is 12.8 Å². The highest BCUT2D eigenvalue weighted by Gasteiger charge is 1.88. The van der Waals surface area contributed by atoms with Crippen LogP contribution in [0.4, 0.5) is 0 Å². The molecule has 0 aromatic carbocycles. The first-order chi connectivity index (χ1) is 4.41. The van der Waals surface area contributed by atoms with Crippen LogP contribution in [0, 0.1) is 0 Å². The van der Waals surface area contributed by atoms with Gasteiger partial charge in [-0.1, -0.05) is 12.1 Å². The molecule has 0 aliphatic heterocycles. The van der Waals surface area contributed by atoms with Crippen molar-refractivity contribution in [3.63, 3.8) is 0 Å². The first-order valence-corrected chi connectivity index (χ1v) is 5.72. The van der Waals surface area contributed by atoms with Crippen molar-refractivity contribution in [1.82, 2.24) is 0 Å². The topological polar surface area (TPSA) is 0 Å². The van der Waals surface area contributed by atoms with Gasteiger partial charge in [0.15, 0.2) is 0 Å². The molecule has 0 aromatic heterocycles. The lowest BCUT2D eigenvalue weighted by molar-refractivity contribution is 1.03. The maximum atomic E-state index is 5.49. The Morgan fingerprint density at radius 3 is 1.67 bits per heavy atom. The predicted octanol–water partition coefficient (Wildman–Crippen LogP) is 2.79. The van der Waals surface area contributed by atoms with E-state index in [1.165, 1.54) is 24.9 Å². The number of halogens is 2. The molecule has 0 nitrogen and oxygen atoms in total. The Balaban J connectivity index is 2.60. The molecule has 0 amide bonds. The van der Waals surface area contributed by atoms with Gasteiger partial charge in [-0.3, -0.25) is 0 Å². The molecular formula is C6H12Cl2Si. The second-order valence-electron chi connectivity index (χ2n) is 1.84. The quantitative estimate of drug-likeness (QED) is 0.337. The van der Waals surface area contributed by atoms with Crippen LogP contribution in [-0.4, -0.2) is 21.3 Å². The molecule has 0 atom stereocenters. The van der Waals surface area contributed by atoms with Crippen LogP contribution in [-0.2, 0) is 0 Å². The number of alkyl halides is 2. The second-order valence-corrected chi connectivity index (χ2v) is 4.09. The van der Waals surface area contributed by atoms with Crippen molar-refractivity contribution in [2.24, 2.45) is 0 Å². The summed E-state index contributed by atoms with van der Waals surface area (Å²) in [6.07, 6.45) is 2.34. The summed E-state index contributed by atoms with van der Waals surface area (Å²) in [5, 5.41) is 0. The van der Waals surface area contributed by atoms with E-state index in [-0.39, 0.29) is 0 Å². The van der Waals surface area contributed by atoms with Gasteiger partial charge in [0.2, 0.25) is 0 Å². The van der Waals surface area contributed by atoms with Gasteiger partial charge in [0.25, 0.3) is 0 Å². The average molecular weight is 183 g/mol. The Kier molecular flexibility index (Phi) is 9.58. The van der Waals surface area contributed by atoms with Gasteiger partial charge in [-0.05, 0) is 12.8 Å². The molecule has 3 heteroatoms. The van der Waals surface area contributed by atoms with Crippen molar-refractivity contribution in [2.45, 2.75) is 24.9 Å². The van der Waals surface area contributed by atoms with E-state index in [9.17, 15) is 0 Å². The van der Waals surface area contributed by atoms with Gasteiger partial charge < -0.3 is 0 Å². The highest BCUT2D eigenvalue weighted by Crippen LogP contribution is 1.98. The fourth-order valence-corrected chi connectivity index (χ4v) is 2.33. The van der Waals surface area contributed by atoms with E-state index in [1.807, 2.05) is 0 Å². The summed E-state index contributed by atoms with van der Waals surface area (Å²) in [5.74, 6) is 1.63. The molecule has 9 heavy (non-hydrogen) atoms. The Morgan fingerprint density at radius 1 is 0.889 bits per heavy atom. The SMILES string of the molecule is ClCCC[Si]CCCCl. The fourth-order valence-electron chi connectivity index (χ4n) is 0.509. The molecule has 0 aliphatic carbocycles. The summed E-state index contributed by atoms with van der Waals surface area (Å²) >= 11 is 11.0. The summed E-state index contributed by atoms with van der Waals surface area (Å²) in [5.41, 5.74) is 0. The maximum absolute atomic E-state index is 5.49. The van der Waals surface area contributed by atoms with Crippen LogP contribution >= 0.6 is 23.2 Å². The first kappa shape index (κ1) is 9.80. The van der Waals surface area contributed by atoms with E-state index < -0.39 is 0 Å². The van der Waals surface area contributed by atoms with E-state index in [0.29, 0.717) is 0 Å². The van der Waals surface area contributed by atoms with Crippen LogP contribution in [0.15, 0.2) is 0 Å². The van der Waals surface area contributed by atoms with Gasteiger partial charge in [0.1, 0.15) is 0 Å². The number of rotatable bonds is 6. The summed E-state index contributed by atoms with van der Waals surface area (Å²) in [6, 6.07) is 2.58. The van der Waals surface area contributed by atoms with Crippen LogP contribution in [0.25, 0.3) is 0 Å². The van der Waals surface area contributed by atoms with Gasteiger partial charge in [-0.25, -0.2) is 0 Å². The standard InChI is InChI=1S/C6H12Cl2Si/c7-3-1-5-9-6-2-4-8/h1-6H2. The summed E-state index contributed by atoms with van der Waals surface area (Å²) in [6.45, 7) is 0. The summed E-state index contributed by atoms with van der Waals surface area (Å²) < 4.78 is 0. The third-order valence-corrected chi connectivity index (χ3v) is 2.92. The van der Waals surface area contributed by atoms with E-state index in [0.717, 1.165) is 21.3 Å². The molecule has 0 rings (SSSR count). The lowest BCUT2D eigenvalue weighted by Crippen LogP contribution is -1.89. The minimum absolute atomic E-state index is 0.813. The van der Waals surface area contributed by atoms with Crippen LogP contribution < -0.4 is 0 Å². The van der Waals surface area contributed by atoms with Crippen molar-refractivity contribution >= 4 is 32.7 Å². The van der Waals surface area contributed by atoms with Crippen molar-refractivity contribution in [3.8, 4) is 0 Å². The van der Waals surface area contributed by atoms with Gasteiger partial charge >= 0.3 is 0 Å². The molecule has 0 bridgehead atoms. The summed E-state index contributed by atoms with van der Waals surface area (Å²) in [4.78, 5) is 0. The molecule has 0 N–H and O–H groups in total. The Morgan fingerprint density at radius 2 is 1.33 bits per heavy atom. The van der Waals surface area contributed by atoms with Crippen molar-refractivity contribution in [1.29, 1.82) is 0 Å². The van der Waals surface area contributed by atoms with E-state index in [2.05, 4.69) is 0 Å². The molecule has 0 saturated carbocycles. The Labute approximate surface area is 69.7 Å². The van der Waals surface area contributed by atoms with Gasteiger partial charge in [0.05, 0.1) is 0 Å². The predicted molar refractivity (Wildman–Crippen MR) is 46.0 cm³/mol. The molecule has 2 radical (unpaired) electrons. The van der Waals surface area contributed by atoms with E-state index in [4.69, 9.17) is 23.2 Å². The van der Waals surface area contributed by atoms with E-state index in [1.54, 1.807) is 0 Å². The van der Waals surface area contributed by atoms with Crippen LogP contribution in [0.5, 0.6) is 0 Å². The molecule has 0 saturated heterocycles. The zero-order chi connectivity index (χ0) is 6.95. The largest absolute Gasteiger partial charge is 0.127 e. The molecule has 0 heterocycles. The first-order valence-electron chi connectivity index (χ1n) is 3.24. The highest BCUT2D eigenvalue weighted by atomic mass is 35.5. The zero-order valence-electron chi connectivity index (χ0n) is 5.50. The average Bonchev–Trinajstić information content (AvgIpc) is 1.89. The van der Waals surface area contributed by atoms with Crippen molar-refractivity contribution in [2.75, 3.05) is 11.8 Å². The Bertz CT molecular complexity index is 44.3. The zero-order valence-corrected chi connectivity index (χ0v) is 8.01. The van der Waals surface area contributed by atoms with Crippen molar-refractivity contribution in [3.05, 3.63) is 0 Å². The normalized spacial score (nSPS) is 10.0. The fraction of sp³-hybridized carbons (Fsp3) is 1.00. The van der Waals surface area contributed by atoms with Crippen molar-refractivity contribution < 1.29 is 0 Å². The molecule has 0 aliphatic rings. The monoisotopic (exact) mass is 182 g/mol. The summed E-state index contributed by atoms with van der Waals surface area (Å²) in [7, 11) is 1.08. The van der Waals surface area contributed by atoms with Crippen LogP contribution in [0.2, 0.25) is 12.1 Å². The molecule has 54 valence electrons. The lowest BCUT2D eigenvalue weighted by atomic mass is 10.6. The smallest absolute Gasteiger partial charge is 0.0378 e. The Hall–Kier alpha value is 0.797. The van der Waals surface area contributed by atoms with Gasteiger partial charge in [0, 0.05) is 21.3 Å². The minimum atomic E-state index is 0.813. The molecule has 0 unspecified atom stereocenters. The molecule has 0 spiro atoms. The molecule has 0 fully saturated rings. The highest BCUT2D eigenvalue weighted by molar-refractivity contribution is 6.35. The lowest BCUT2D eigenvalue weighted by Gasteiger charge is -1.93. The molecule has 0 aromatic rings. The second kappa shape index (κ2) is 8.80.